The summed E-state index contributed by atoms with van der Waals surface area (Å²) >= 11 is 11.7. The summed E-state index contributed by atoms with van der Waals surface area (Å²) in [4.78, 5) is 23.8. The zero-order valence-corrected chi connectivity index (χ0v) is 13.0. The first kappa shape index (κ1) is 16.1. The number of benzene rings is 1. The minimum absolute atomic E-state index is 0.110. The molecule has 0 heterocycles. The number of carbonyl (C=O) groups is 2. The van der Waals surface area contributed by atoms with Gasteiger partial charge in [-0.25, -0.2) is 0 Å². The summed E-state index contributed by atoms with van der Waals surface area (Å²) in [6, 6.07) is 4.86. The Hall–Kier alpha value is -1.30. The molecule has 2 N–H and O–H groups in total. The lowest BCUT2D eigenvalue weighted by Gasteiger charge is -2.06. The van der Waals surface area contributed by atoms with Gasteiger partial charge in [0.15, 0.2) is 0 Å². The molecule has 114 valence electrons. The smallest absolute Gasteiger partial charge is 0.228 e. The molecule has 7 heteroatoms. The third kappa shape index (κ3) is 4.33. The molecule has 1 aliphatic rings. The summed E-state index contributed by atoms with van der Waals surface area (Å²) in [5.41, 5.74) is 0.569. The van der Waals surface area contributed by atoms with Gasteiger partial charge < -0.3 is 15.4 Å². The van der Waals surface area contributed by atoms with Crippen molar-refractivity contribution < 1.29 is 14.3 Å². The van der Waals surface area contributed by atoms with E-state index < -0.39 is 0 Å². The van der Waals surface area contributed by atoms with E-state index in [1.54, 1.807) is 25.3 Å². The Balaban J connectivity index is 1.82. The summed E-state index contributed by atoms with van der Waals surface area (Å²) in [6.45, 7) is 0.908. The molecule has 5 nitrogen and oxygen atoms in total. The predicted octanol–water partition coefficient (Wildman–Crippen LogP) is 2.33. The van der Waals surface area contributed by atoms with Gasteiger partial charge >= 0.3 is 0 Å². The average molecular weight is 331 g/mol. The van der Waals surface area contributed by atoms with Crippen LogP contribution in [0.15, 0.2) is 18.2 Å². The quantitative estimate of drug-likeness (QED) is 0.786. The lowest BCUT2D eigenvalue weighted by atomic mass is 10.2. The standard InChI is InChI=1S/C14H16Cl2N2O3/c1-21-5-4-17-13(19)9-7-10(9)14(20)18-8-2-3-11(15)12(16)6-8/h2-3,6,9-10H,4-5,7H2,1H3,(H,17,19)(H,18,20). The SMILES string of the molecule is COCCNC(=O)C1CC1C(=O)Nc1ccc(Cl)c(Cl)c1. The normalized spacial score (nSPS) is 20.0. The van der Waals surface area contributed by atoms with Crippen molar-refractivity contribution in [3.63, 3.8) is 0 Å². The van der Waals surface area contributed by atoms with Crippen LogP contribution in [0.3, 0.4) is 0 Å². The summed E-state index contributed by atoms with van der Waals surface area (Å²) in [5, 5.41) is 6.27. The van der Waals surface area contributed by atoms with Gasteiger partial charge in [-0.2, -0.15) is 0 Å². The van der Waals surface area contributed by atoms with E-state index in [2.05, 4.69) is 10.6 Å². The van der Waals surface area contributed by atoms with Gasteiger partial charge in [0.1, 0.15) is 0 Å². The fraction of sp³-hybridized carbons (Fsp3) is 0.429. The van der Waals surface area contributed by atoms with Crippen LogP contribution in [0.1, 0.15) is 6.42 Å². The minimum Gasteiger partial charge on any atom is -0.383 e. The number of hydrogen-bond donors (Lipinski definition) is 2. The van der Waals surface area contributed by atoms with Crippen molar-refractivity contribution in [2.24, 2.45) is 11.8 Å². The highest BCUT2D eigenvalue weighted by Gasteiger charge is 2.47. The Morgan fingerprint density at radius 3 is 2.62 bits per heavy atom. The third-order valence-electron chi connectivity index (χ3n) is 3.26. The molecule has 0 spiro atoms. The van der Waals surface area contributed by atoms with Gasteiger partial charge in [-0.15, -0.1) is 0 Å². The lowest BCUT2D eigenvalue weighted by molar-refractivity contribution is -0.125. The van der Waals surface area contributed by atoms with Gasteiger partial charge in [-0.3, -0.25) is 9.59 Å². The maximum absolute atomic E-state index is 12.0. The minimum atomic E-state index is -0.290. The van der Waals surface area contributed by atoms with Gasteiger partial charge in [-0.1, -0.05) is 23.2 Å². The second-order valence-electron chi connectivity index (χ2n) is 4.85. The summed E-state index contributed by atoms with van der Waals surface area (Å²) in [6.07, 6.45) is 0.561. The molecule has 1 aromatic rings. The number of nitrogens with one attached hydrogen (secondary N) is 2. The number of anilines is 1. The van der Waals surface area contributed by atoms with E-state index in [-0.39, 0.29) is 23.7 Å². The predicted molar refractivity (Wildman–Crippen MR) is 81.6 cm³/mol. The fourth-order valence-electron chi connectivity index (χ4n) is 1.99. The van der Waals surface area contributed by atoms with Crippen LogP contribution < -0.4 is 10.6 Å². The van der Waals surface area contributed by atoms with E-state index in [0.717, 1.165) is 0 Å². The van der Waals surface area contributed by atoms with E-state index in [9.17, 15) is 9.59 Å². The Morgan fingerprint density at radius 1 is 1.24 bits per heavy atom. The van der Waals surface area contributed by atoms with E-state index >= 15 is 0 Å². The van der Waals surface area contributed by atoms with Gasteiger partial charge in [0.25, 0.3) is 0 Å². The van der Waals surface area contributed by atoms with Crippen LogP contribution in [0.4, 0.5) is 5.69 Å². The van der Waals surface area contributed by atoms with Crippen molar-refractivity contribution in [1.29, 1.82) is 0 Å². The highest BCUT2D eigenvalue weighted by Crippen LogP contribution is 2.39. The molecule has 1 aliphatic carbocycles. The van der Waals surface area contributed by atoms with Crippen LogP contribution in [0.25, 0.3) is 0 Å². The first-order chi connectivity index (χ1) is 10.0. The van der Waals surface area contributed by atoms with Crippen molar-refractivity contribution in [3.05, 3.63) is 28.2 Å². The van der Waals surface area contributed by atoms with Gasteiger partial charge in [0.05, 0.1) is 28.5 Å². The number of halogens is 2. The topological polar surface area (TPSA) is 67.4 Å². The number of methoxy groups -OCH3 is 1. The molecule has 1 saturated carbocycles. The van der Waals surface area contributed by atoms with Gasteiger partial charge in [-0.05, 0) is 24.6 Å². The Kier molecular flexibility index (Phi) is 5.45. The number of amides is 2. The Bertz CT molecular complexity index is 551. The zero-order valence-electron chi connectivity index (χ0n) is 11.5. The van der Waals surface area contributed by atoms with Gasteiger partial charge in [0.2, 0.25) is 11.8 Å². The number of hydrogen-bond acceptors (Lipinski definition) is 3. The Labute approximate surface area is 132 Å². The maximum atomic E-state index is 12.0. The van der Waals surface area contributed by atoms with E-state index in [1.165, 1.54) is 0 Å². The molecule has 2 atom stereocenters. The molecule has 0 bridgehead atoms. The Morgan fingerprint density at radius 2 is 1.95 bits per heavy atom. The van der Waals surface area contributed by atoms with Crippen molar-refractivity contribution >= 4 is 40.7 Å². The molecule has 2 unspecified atom stereocenters. The number of carbonyl (C=O) groups excluding carboxylic acids is 2. The summed E-state index contributed by atoms with van der Waals surface area (Å²) in [5.74, 6) is -0.840. The molecular weight excluding hydrogens is 315 g/mol. The van der Waals surface area contributed by atoms with Crippen LogP contribution in [0, 0.1) is 11.8 Å². The summed E-state index contributed by atoms with van der Waals surface area (Å²) in [7, 11) is 1.57. The van der Waals surface area contributed by atoms with Crippen molar-refractivity contribution in [1.82, 2.24) is 5.32 Å². The fourth-order valence-corrected chi connectivity index (χ4v) is 2.29. The van der Waals surface area contributed by atoms with Crippen LogP contribution in [0.2, 0.25) is 10.0 Å². The van der Waals surface area contributed by atoms with Crippen LogP contribution in [-0.2, 0) is 14.3 Å². The molecule has 0 aromatic heterocycles. The molecule has 2 rings (SSSR count). The highest BCUT2D eigenvalue weighted by atomic mass is 35.5. The molecule has 0 aliphatic heterocycles. The second-order valence-corrected chi connectivity index (χ2v) is 5.67. The molecule has 0 saturated heterocycles. The molecular formula is C14H16Cl2N2O3. The first-order valence-corrected chi connectivity index (χ1v) is 7.31. The largest absolute Gasteiger partial charge is 0.383 e. The van der Waals surface area contributed by atoms with Crippen molar-refractivity contribution in [2.75, 3.05) is 25.6 Å². The molecule has 1 aromatic carbocycles. The molecule has 1 fully saturated rings. The van der Waals surface area contributed by atoms with E-state index in [0.29, 0.717) is 35.3 Å². The monoisotopic (exact) mass is 330 g/mol. The zero-order chi connectivity index (χ0) is 15.4. The van der Waals surface area contributed by atoms with Crippen LogP contribution in [0.5, 0.6) is 0 Å². The number of ether oxygens (including phenoxy) is 1. The van der Waals surface area contributed by atoms with Crippen molar-refractivity contribution in [3.8, 4) is 0 Å². The van der Waals surface area contributed by atoms with Crippen LogP contribution in [-0.4, -0.2) is 32.1 Å². The first-order valence-electron chi connectivity index (χ1n) is 6.55. The summed E-state index contributed by atoms with van der Waals surface area (Å²) < 4.78 is 4.85. The van der Waals surface area contributed by atoms with Crippen molar-refractivity contribution in [2.45, 2.75) is 6.42 Å². The van der Waals surface area contributed by atoms with E-state index in [1.807, 2.05) is 0 Å². The third-order valence-corrected chi connectivity index (χ3v) is 4.00. The maximum Gasteiger partial charge on any atom is 0.228 e. The average Bonchev–Trinajstić information content (AvgIpc) is 3.23. The lowest BCUT2D eigenvalue weighted by Crippen LogP contribution is -2.30. The number of rotatable bonds is 6. The highest BCUT2D eigenvalue weighted by molar-refractivity contribution is 6.42. The molecule has 21 heavy (non-hydrogen) atoms. The van der Waals surface area contributed by atoms with Gasteiger partial charge in [0, 0.05) is 19.3 Å². The van der Waals surface area contributed by atoms with E-state index in [4.69, 9.17) is 27.9 Å². The molecule has 2 amide bonds. The van der Waals surface area contributed by atoms with Crippen LogP contribution >= 0.6 is 23.2 Å². The second kappa shape index (κ2) is 7.11. The molecule has 0 radical (unpaired) electrons.